The summed E-state index contributed by atoms with van der Waals surface area (Å²) in [4.78, 5) is 0. The molecule has 0 saturated carbocycles. The van der Waals surface area contributed by atoms with Gasteiger partial charge in [-0.05, 0) is 51.4 Å². The molecule has 2 rings (SSSR count). The molecular weight excluding hydrogens is 162 g/mol. The zero-order valence-corrected chi connectivity index (χ0v) is 8.31. The average molecular weight is 183 g/mol. The predicted octanol–water partition coefficient (Wildman–Crippen LogP) is -0.0625. The smallest absolute Gasteiger partial charge is 0.0204 e. The van der Waals surface area contributed by atoms with E-state index >= 15 is 0 Å². The SMILES string of the molecule is C1CNCC(CNC2CCNC2)C1. The van der Waals surface area contributed by atoms with Crippen LogP contribution < -0.4 is 16.0 Å². The molecule has 0 aliphatic carbocycles. The van der Waals surface area contributed by atoms with E-state index in [9.17, 15) is 0 Å². The number of nitrogens with one attached hydrogen (secondary N) is 3. The standard InChI is InChI=1S/C10H21N3/c1-2-9(6-11-4-1)7-13-10-3-5-12-8-10/h9-13H,1-8H2. The van der Waals surface area contributed by atoms with Gasteiger partial charge in [0, 0.05) is 12.6 Å². The maximum atomic E-state index is 3.65. The van der Waals surface area contributed by atoms with E-state index in [2.05, 4.69) is 16.0 Å². The van der Waals surface area contributed by atoms with E-state index in [-0.39, 0.29) is 0 Å². The van der Waals surface area contributed by atoms with E-state index in [4.69, 9.17) is 0 Å². The fourth-order valence-electron chi connectivity index (χ4n) is 2.26. The van der Waals surface area contributed by atoms with Crippen molar-refractivity contribution in [2.75, 3.05) is 32.7 Å². The second-order valence-corrected chi connectivity index (χ2v) is 4.31. The first-order chi connectivity index (χ1) is 6.45. The molecule has 2 atom stereocenters. The first kappa shape index (κ1) is 9.44. The highest BCUT2D eigenvalue weighted by Crippen LogP contribution is 2.09. The third-order valence-corrected chi connectivity index (χ3v) is 3.15. The van der Waals surface area contributed by atoms with Gasteiger partial charge in [0.1, 0.15) is 0 Å². The Morgan fingerprint density at radius 1 is 1.08 bits per heavy atom. The lowest BCUT2D eigenvalue weighted by molar-refractivity contribution is 0.346. The van der Waals surface area contributed by atoms with Gasteiger partial charge in [-0.2, -0.15) is 0 Å². The monoisotopic (exact) mass is 183 g/mol. The van der Waals surface area contributed by atoms with E-state index in [1.54, 1.807) is 0 Å². The Labute approximate surface area is 80.7 Å². The van der Waals surface area contributed by atoms with Crippen LogP contribution in [0.5, 0.6) is 0 Å². The van der Waals surface area contributed by atoms with Crippen LogP contribution in [0.4, 0.5) is 0 Å². The number of piperidine rings is 1. The van der Waals surface area contributed by atoms with Crippen molar-refractivity contribution in [2.45, 2.75) is 25.3 Å². The summed E-state index contributed by atoms with van der Waals surface area (Å²) >= 11 is 0. The van der Waals surface area contributed by atoms with Crippen LogP contribution in [0.25, 0.3) is 0 Å². The molecule has 2 aliphatic rings. The maximum Gasteiger partial charge on any atom is 0.0204 e. The van der Waals surface area contributed by atoms with Crippen LogP contribution >= 0.6 is 0 Å². The molecule has 0 spiro atoms. The van der Waals surface area contributed by atoms with Crippen LogP contribution in [-0.4, -0.2) is 38.8 Å². The molecule has 2 unspecified atom stereocenters. The minimum atomic E-state index is 0.738. The quantitative estimate of drug-likeness (QED) is 0.573. The van der Waals surface area contributed by atoms with Crippen LogP contribution in [0.1, 0.15) is 19.3 Å². The Morgan fingerprint density at radius 2 is 2.00 bits per heavy atom. The van der Waals surface area contributed by atoms with Crippen molar-refractivity contribution in [1.82, 2.24) is 16.0 Å². The van der Waals surface area contributed by atoms with Crippen molar-refractivity contribution in [1.29, 1.82) is 0 Å². The van der Waals surface area contributed by atoms with Gasteiger partial charge in [0.2, 0.25) is 0 Å². The molecule has 3 nitrogen and oxygen atoms in total. The van der Waals surface area contributed by atoms with Crippen molar-refractivity contribution >= 4 is 0 Å². The number of hydrogen-bond donors (Lipinski definition) is 3. The van der Waals surface area contributed by atoms with Crippen molar-refractivity contribution < 1.29 is 0 Å². The van der Waals surface area contributed by atoms with Gasteiger partial charge < -0.3 is 16.0 Å². The first-order valence-electron chi connectivity index (χ1n) is 5.60. The summed E-state index contributed by atoms with van der Waals surface area (Å²) < 4.78 is 0. The summed E-state index contributed by atoms with van der Waals surface area (Å²) in [5.41, 5.74) is 0. The largest absolute Gasteiger partial charge is 0.316 e. The van der Waals surface area contributed by atoms with E-state index in [0.717, 1.165) is 12.0 Å². The molecule has 2 aliphatic heterocycles. The summed E-state index contributed by atoms with van der Waals surface area (Å²) in [6, 6.07) is 0.738. The summed E-state index contributed by atoms with van der Waals surface area (Å²) in [5, 5.41) is 10.5. The average Bonchev–Trinajstić information content (AvgIpc) is 2.69. The normalized spacial score (nSPS) is 35.1. The summed E-state index contributed by atoms with van der Waals surface area (Å²) in [6.45, 7) is 6.01. The third-order valence-electron chi connectivity index (χ3n) is 3.15. The lowest BCUT2D eigenvalue weighted by atomic mass is 9.99. The van der Waals surface area contributed by atoms with Crippen molar-refractivity contribution in [3.8, 4) is 0 Å². The lowest BCUT2D eigenvalue weighted by Crippen LogP contribution is -2.40. The molecule has 76 valence electrons. The van der Waals surface area contributed by atoms with Crippen LogP contribution in [0.2, 0.25) is 0 Å². The van der Waals surface area contributed by atoms with Crippen LogP contribution in [0, 0.1) is 5.92 Å². The molecule has 0 aromatic heterocycles. The van der Waals surface area contributed by atoms with Gasteiger partial charge in [-0.3, -0.25) is 0 Å². The Kier molecular flexibility index (Phi) is 3.58. The molecule has 3 N–H and O–H groups in total. The second-order valence-electron chi connectivity index (χ2n) is 4.31. The molecule has 2 saturated heterocycles. The molecule has 0 bridgehead atoms. The molecule has 2 fully saturated rings. The molecule has 0 amide bonds. The van der Waals surface area contributed by atoms with Gasteiger partial charge in [0.15, 0.2) is 0 Å². The first-order valence-corrected chi connectivity index (χ1v) is 5.60. The molecule has 2 heterocycles. The van der Waals surface area contributed by atoms with Crippen LogP contribution in [-0.2, 0) is 0 Å². The Bertz CT molecular complexity index is 137. The fraction of sp³-hybridized carbons (Fsp3) is 1.00. The minimum Gasteiger partial charge on any atom is -0.316 e. The summed E-state index contributed by atoms with van der Waals surface area (Å²) in [7, 11) is 0. The molecule has 0 aromatic carbocycles. The highest BCUT2D eigenvalue weighted by atomic mass is 15.0. The molecular formula is C10H21N3. The van der Waals surface area contributed by atoms with Crippen LogP contribution in [0.15, 0.2) is 0 Å². The van der Waals surface area contributed by atoms with Gasteiger partial charge in [0.25, 0.3) is 0 Å². The van der Waals surface area contributed by atoms with Gasteiger partial charge in [-0.1, -0.05) is 0 Å². The van der Waals surface area contributed by atoms with Gasteiger partial charge in [0.05, 0.1) is 0 Å². The second kappa shape index (κ2) is 4.94. The fourth-order valence-corrected chi connectivity index (χ4v) is 2.26. The van der Waals surface area contributed by atoms with Gasteiger partial charge >= 0.3 is 0 Å². The van der Waals surface area contributed by atoms with Crippen molar-refractivity contribution in [3.05, 3.63) is 0 Å². The topological polar surface area (TPSA) is 36.1 Å². The highest BCUT2D eigenvalue weighted by molar-refractivity contribution is 4.79. The van der Waals surface area contributed by atoms with Crippen molar-refractivity contribution in [2.24, 2.45) is 5.92 Å². The Balaban J connectivity index is 1.60. The summed E-state index contributed by atoms with van der Waals surface area (Å²) in [5.74, 6) is 0.870. The van der Waals surface area contributed by atoms with Gasteiger partial charge in [-0.25, -0.2) is 0 Å². The Morgan fingerprint density at radius 3 is 2.69 bits per heavy atom. The van der Waals surface area contributed by atoms with Crippen LogP contribution in [0.3, 0.4) is 0 Å². The van der Waals surface area contributed by atoms with Crippen molar-refractivity contribution in [3.63, 3.8) is 0 Å². The molecule has 0 aromatic rings. The van der Waals surface area contributed by atoms with E-state index in [0.29, 0.717) is 0 Å². The number of hydrogen-bond acceptors (Lipinski definition) is 3. The van der Waals surface area contributed by atoms with E-state index in [1.165, 1.54) is 52.0 Å². The van der Waals surface area contributed by atoms with E-state index in [1.807, 2.05) is 0 Å². The highest BCUT2D eigenvalue weighted by Gasteiger charge is 2.17. The Hall–Kier alpha value is -0.120. The predicted molar refractivity (Wildman–Crippen MR) is 54.9 cm³/mol. The zero-order chi connectivity index (χ0) is 8.93. The zero-order valence-electron chi connectivity index (χ0n) is 8.31. The third kappa shape index (κ3) is 2.93. The lowest BCUT2D eigenvalue weighted by Gasteiger charge is -2.24. The molecule has 3 heteroatoms. The molecule has 0 radical (unpaired) electrons. The number of rotatable bonds is 3. The van der Waals surface area contributed by atoms with Gasteiger partial charge in [-0.15, -0.1) is 0 Å². The van der Waals surface area contributed by atoms with E-state index < -0.39 is 0 Å². The maximum absolute atomic E-state index is 3.65. The summed E-state index contributed by atoms with van der Waals surface area (Å²) in [6.07, 6.45) is 4.07. The minimum absolute atomic E-state index is 0.738. The molecule has 13 heavy (non-hydrogen) atoms.